The normalized spacial score (nSPS) is 20.3. The Hall–Kier alpha value is -2.14. The number of amides is 1. The summed E-state index contributed by atoms with van der Waals surface area (Å²) in [5, 5.41) is 1.05. The second kappa shape index (κ2) is 8.70. The van der Waals surface area contributed by atoms with Crippen molar-refractivity contribution >= 4 is 16.8 Å². The van der Waals surface area contributed by atoms with E-state index in [4.69, 9.17) is 4.74 Å². The van der Waals surface area contributed by atoms with E-state index < -0.39 is 0 Å². The first-order valence-corrected chi connectivity index (χ1v) is 11.0. The van der Waals surface area contributed by atoms with E-state index in [0.717, 1.165) is 67.2 Å². The van der Waals surface area contributed by atoms with Crippen LogP contribution >= 0.6 is 0 Å². The van der Waals surface area contributed by atoms with Gasteiger partial charge in [0.25, 0.3) is 5.56 Å². The van der Waals surface area contributed by atoms with Crippen LogP contribution in [0.2, 0.25) is 0 Å². The molecule has 1 saturated carbocycles. The van der Waals surface area contributed by atoms with E-state index >= 15 is 0 Å². The number of benzene rings is 1. The summed E-state index contributed by atoms with van der Waals surface area (Å²) in [6.45, 7) is 5.80. The monoisotopic (exact) mass is 396 g/mol. The van der Waals surface area contributed by atoms with Gasteiger partial charge in [-0.15, -0.1) is 0 Å². The van der Waals surface area contributed by atoms with E-state index in [2.05, 4.69) is 18.0 Å². The number of aromatic amines is 1. The molecule has 1 aromatic heterocycles. The van der Waals surface area contributed by atoms with Gasteiger partial charge < -0.3 is 14.6 Å². The topological polar surface area (TPSA) is 62.4 Å². The summed E-state index contributed by atoms with van der Waals surface area (Å²) in [6, 6.07) is 6.10. The molecule has 5 nitrogen and oxygen atoms in total. The van der Waals surface area contributed by atoms with Crippen molar-refractivity contribution in [2.75, 3.05) is 13.2 Å². The molecule has 4 rings (SSSR count). The van der Waals surface area contributed by atoms with Crippen molar-refractivity contribution in [3.05, 3.63) is 45.2 Å². The Morgan fingerprint density at radius 1 is 1.10 bits per heavy atom. The third kappa shape index (κ3) is 4.55. The summed E-state index contributed by atoms with van der Waals surface area (Å²) in [6.07, 6.45) is 7.52. The molecule has 1 aliphatic carbocycles. The minimum absolute atomic E-state index is 0.0893. The van der Waals surface area contributed by atoms with Crippen molar-refractivity contribution in [3.63, 3.8) is 0 Å². The second-order valence-electron chi connectivity index (χ2n) is 8.86. The van der Waals surface area contributed by atoms with Crippen LogP contribution < -0.4 is 5.56 Å². The Bertz CT molecular complexity index is 937. The van der Waals surface area contributed by atoms with E-state index in [-0.39, 0.29) is 23.5 Å². The van der Waals surface area contributed by atoms with E-state index in [1.54, 1.807) is 0 Å². The van der Waals surface area contributed by atoms with Crippen LogP contribution in [0.25, 0.3) is 10.9 Å². The first-order valence-electron chi connectivity index (χ1n) is 11.0. The standard InChI is InChI=1S/C24H32N2O3/c1-16-11-17(2)21-13-19(23(27)25-22(21)12-16)14-26(15-20-9-6-10-29-20)24(28)18-7-4-3-5-8-18/h11-13,18,20H,3-10,14-15H2,1-2H3,(H,25,27)/t20-/m0/s1. The highest BCUT2D eigenvalue weighted by molar-refractivity contribution is 5.83. The summed E-state index contributed by atoms with van der Waals surface area (Å²) >= 11 is 0. The summed E-state index contributed by atoms with van der Waals surface area (Å²) in [5.41, 5.74) is 3.69. The molecule has 5 heteroatoms. The Morgan fingerprint density at radius 2 is 1.90 bits per heavy atom. The molecule has 1 amide bonds. The smallest absolute Gasteiger partial charge is 0.253 e. The van der Waals surface area contributed by atoms with Gasteiger partial charge in [-0.25, -0.2) is 0 Å². The third-order valence-electron chi connectivity index (χ3n) is 6.46. The summed E-state index contributed by atoms with van der Waals surface area (Å²) < 4.78 is 5.81. The molecule has 0 bridgehead atoms. The maximum absolute atomic E-state index is 13.3. The molecular weight excluding hydrogens is 364 g/mol. The van der Waals surface area contributed by atoms with E-state index in [0.29, 0.717) is 18.7 Å². The number of hydrogen-bond acceptors (Lipinski definition) is 3. The van der Waals surface area contributed by atoms with Gasteiger partial charge in [-0.1, -0.05) is 25.3 Å². The molecule has 0 unspecified atom stereocenters. The number of rotatable bonds is 5. The number of carbonyl (C=O) groups excluding carboxylic acids is 1. The van der Waals surface area contributed by atoms with Gasteiger partial charge in [0.2, 0.25) is 5.91 Å². The summed E-state index contributed by atoms with van der Waals surface area (Å²) in [7, 11) is 0. The lowest BCUT2D eigenvalue weighted by atomic mass is 9.88. The molecule has 156 valence electrons. The van der Waals surface area contributed by atoms with Crippen LogP contribution in [0.5, 0.6) is 0 Å². The van der Waals surface area contributed by atoms with E-state index in [9.17, 15) is 9.59 Å². The van der Waals surface area contributed by atoms with Gasteiger partial charge in [0.1, 0.15) is 0 Å². The van der Waals surface area contributed by atoms with Crippen molar-refractivity contribution in [3.8, 4) is 0 Å². The summed E-state index contributed by atoms with van der Waals surface area (Å²) in [4.78, 5) is 31.1. The molecule has 1 N–H and O–H groups in total. The predicted molar refractivity (Wildman–Crippen MR) is 115 cm³/mol. The number of pyridine rings is 1. The number of H-pyrrole nitrogens is 1. The highest BCUT2D eigenvalue weighted by atomic mass is 16.5. The molecule has 0 spiro atoms. The highest BCUT2D eigenvalue weighted by Gasteiger charge is 2.29. The van der Waals surface area contributed by atoms with E-state index in [1.807, 2.05) is 24.0 Å². The number of carbonyl (C=O) groups is 1. The Labute approximate surface area is 172 Å². The molecule has 2 aromatic rings. The molecule has 2 aliphatic rings. The van der Waals surface area contributed by atoms with Crippen molar-refractivity contribution in [1.82, 2.24) is 9.88 Å². The number of fused-ring (bicyclic) bond motifs is 1. The van der Waals surface area contributed by atoms with Gasteiger partial charge in [0, 0.05) is 35.5 Å². The minimum Gasteiger partial charge on any atom is -0.376 e. The average Bonchev–Trinajstić information content (AvgIpc) is 3.21. The zero-order valence-corrected chi connectivity index (χ0v) is 17.6. The molecule has 1 aromatic carbocycles. The van der Waals surface area contributed by atoms with Crippen molar-refractivity contribution in [1.29, 1.82) is 0 Å². The van der Waals surface area contributed by atoms with Crippen LogP contribution in [0.3, 0.4) is 0 Å². The fraction of sp³-hybridized carbons (Fsp3) is 0.583. The van der Waals surface area contributed by atoms with Crippen LogP contribution in [0.1, 0.15) is 61.6 Å². The highest BCUT2D eigenvalue weighted by Crippen LogP contribution is 2.27. The molecule has 1 saturated heterocycles. The van der Waals surface area contributed by atoms with Crippen molar-refractivity contribution in [2.24, 2.45) is 5.92 Å². The average molecular weight is 397 g/mol. The number of aryl methyl sites for hydroxylation is 2. The maximum Gasteiger partial charge on any atom is 0.253 e. The molecule has 2 fully saturated rings. The Kier molecular flexibility index (Phi) is 6.04. The lowest BCUT2D eigenvalue weighted by Gasteiger charge is -2.31. The zero-order valence-electron chi connectivity index (χ0n) is 17.6. The number of nitrogens with one attached hydrogen (secondary N) is 1. The van der Waals surface area contributed by atoms with Gasteiger partial charge in [0.05, 0.1) is 12.6 Å². The Morgan fingerprint density at radius 3 is 2.62 bits per heavy atom. The van der Waals surface area contributed by atoms with Crippen LogP contribution in [-0.4, -0.2) is 35.0 Å². The number of aromatic nitrogens is 1. The third-order valence-corrected chi connectivity index (χ3v) is 6.46. The summed E-state index contributed by atoms with van der Waals surface area (Å²) in [5.74, 6) is 0.286. The first-order chi connectivity index (χ1) is 14.0. The molecule has 0 radical (unpaired) electrons. The quantitative estimate of drug-likeness (QED) is 0.822. The predicted octanol–water partition coefficient (Wildman–Crippen LogP) is 4.23. The van der Waals surface area contributed by atoms with Crippen LogP contribution in [0.15, 0.2) is 23.0 Å². The number of hydrogen-bond donors (Lipinski definition) is 1. The maximum atomic E-state index is 13.3. The van der Waals surface area contributed by atoms with Gasteiger partial charge in [-0.05, 0) is 62.8 Å². The van der Waals surface area contributed by atoms with Gasteiger partial charge in [-0.3, -0.25) is 9.59 Å². The largest absolute Gasteiger partial charge is 0.376 e. The number of ether oxygens (including phenoxy) is 1. The minimum atomic E-state index is -0.101. The fourth-order valence-corrected chi connectivity index (χ4v) is 4.91. The van der Waals surface area contributed by atoms with Crippen molar-refractivity contribution < 1.29 is 9.53 Å². The molecule has 1 atom stereocenters. The second-order valence-corrected chi connectivity index (χ2v) is 8.86. The zero-order chi connectivity index (χ0) is 20.4. The lowest BCUT2D eigenvalue weighted by molar-refractivity contribution is -0.138. The van der Waals surface area contributed by atoms with Crippen LogP contribution in [-0.2, 0) is 16.1 Å². The van der Waals surface area contributed by atoms with E-state index in [1.165, 1.54) is 6.42 Å². The van der Waals surface area contributed by atoms with Gasteiger partial charge in [0.15, 0.2) is 0 Å². The van der Waals surface area contributed by atoms with Gasteiger partial charge in [-0.2, -0.15) is 0 Å². The molecular formula is C24H32N2O3. The van der Waals surface area contributed by atoms with Crippen LogP contribution in [0, 0.1) is 19.8 Å². The lowest BCUT2D eigenvalue weighted by Crippen LogP contribution is -2.42. The molecule has 1 aliphatic heterocycles. The SMILES string of the molecule is Cc1cc(C)c2cc(CN(C[C@@H]3CCCO3)C(=O)C3CCCCC3)c(=O)[nH]c2c1. The first kappa shape index (κ1) is 20.1. The van der Waals surface area contributed by atoms with Crippen molar-refractivity contribution in [2.45, 2.75) is 71.4 Å². The Balaban J connectivity index is 1.63. The molecule has 29 heavy (non-hydrogen) atoms. The number of nitrogens with zero attached hydrogens (tertiary/aromatic N) is 1. The molecule has 2 heterocycles. The van der Waals surface area contributed by atoms with Gasteiger partial charge >= 0.3 is 0 Å². The van der Waals surface area contributed by atoms with Crippen LogP contribution in [0.4, 0.5) is 0 Å². The fourth-order valence-electron chi connectivity index (χ4n) is 4.91.